The molecule has 162 valence electrons. The van der Waals surface area contributed by atoms with Gasteiger partial charge in [-0.1, -0.05) is 12.1 Å². The zero-order valence-electron chi connectivity index (χ0n) is 16.4. The minimum atomic E-state index is -3.44. The molecule has 0 spiro atoms. The number of piperidine rings is 1. The Morgan fingerprint density at radius 2 is 1.90 bits per heavy atom. The summed E-state index contributed by atoms with van der Waals surface area (Å²) >= 11 is -2.57. The summed E-state index contributed by atoms with van der Waals surface area (Å²) < 4.78 is 44.8. The molecule has 2 aromatic heterocycles. The Morgan fingerprint density at radius 1 is 1.13 bits per heavy atom. The maximum absolute atomic E-state index is 15.2. The number of hydrogen-bond donors (Lipinski definition) is 1. The van der Waals surface area contributed by atoms with Gasteiger partial charge in [-0.05, 0) is 37.1 Å². The van der Waals surface area contributed by atoms with Gasteiger partial charge in [0.2, 0.25) is 0 Å². The normalized spacial score (nSPS) is 16.2. The molecule has 31 heavy (non-hydrogen) atoms. The fourth-order valence-corrected chi connectivity index (χ4v) is 4.88. The summed E-state index contributed by atoms with van der Waals surface area (Å²) in [6.45, 7) is 0.283. The van der Waals surface area contributed by atoms with E-state index < -0.39 is 22.3 Å². The molecule has 2 amide bonds. The first-order valence-electron chi connectivity index (χ1n) is 9.68. The molecule has 3 aromatic rings. The van der Waals surface area contributed by atoms with E-state index in [1.807, 2.05) is 0 Å². The lowest BCUT2D eigenvalue weighted by molar-refractivity contribution is 0.000441. The molecule has 0 aliphatic carbocycles. The van der Waals surface area contributed by atoms with Gasteiger partial charge in [-0.2, -0.15) is 24.1 Å². The average molecular weight is 446 g/mol. The molecule has 1 aliphatic heterocycles. The maximum atomic E-state index is 15.2. The minimum Gasteiger partial charge on any atom is -0.607 e. The SMILES string of the molecule is O=C(Nc1ccnnc1)N1CCC(C(F)(F)[S+]([O-])c2ccccc2-n2cccn2)CC1. The van der Waals surface area contributed by atoms with E-state index in [1.165, 1.54) is 34.2 Å². The highest BCUT2D eigenvalue weighted by molar-refractivity contribution is 7.92. The van der Waals surface area contributed by atoms with Crippen molar-refractivity contribution < 1.29 is 18.1 Å². The number of halogens is 2. The van der Waals surface area contributed by atoms with Crippen molar-refractivity contribution in [2.24, 2.45) is 5.92 Å². The molecule has 0 bridgehead atoms. The number of alkyl halides is 2. The first-order valence-corrected chi connectivity index (χ1v) is 10.8. The molecule has 3 heterocycles. The number of anilines is 1. The van der Waals surface area contributed by atoms with Crippen LogP contribution in [0.5, 0.6) is 0 Å². The van der Waals surface area contributed by atoms with Gasteiger partial charge in [0.1, 0.15) is 5.69 Å². The van der Waals surface area contributed by atoms with Crippen molar-refractivity contribution in [2.75, 3.05) is 18.4 Å². The van der Waals surface area contributed by atoms with Crippen molar-refractivity contribution in [1.29, 1.82) is 0 Å². The predicted octanol–water partition coefficient (Wildman–Crippen LogP) is 3.31. The third-order valence-electron chi connectivity index (χ3n) is 5.16. The number of amides is 2. The van der Waals surface area contributed by atoms with Gasteiger partial charge in [0.25, 0.3) is 0 Å². The highest BCUT2D eigenvalue weighted by Gasteiger charge is 2.54. The lowest BCUT2D eigenvalue weighted by Gasteiger charge is -2.35. The molecule has 1 aliphatic rings. The average Bonchev–Trinajstić information content (AvgIpc) is 3.34. The quantitative estimate of drug-likeness (QED) is 0.607. The van der Waals surface area contributed by atoms with E-state index in [4.69, 9.17) is 0 Å². The second kappa shape index (κ2) is 8.98. The Bertz CT molecular complexity index is 1010. The summed E-state index contributed by atoms with van der Waals surface area (Å²) in [6, 6.07) is 9.18. The van der Waals surface area contributed by atoms with Crippen molar-refractivity contribution in [3.8, 4) is 5.69 Å². The van der Waals surface area contributed by atoms with Crippen molar-refractivity contribution in [3.63, 3.8) is 0 Å². The molecule has 1 aromatic carbocycles. The van der Waals surface area contributed by atoms with E-state index in [9.17, 15) is 9.35 Å². The molecule has 0 saturated carbocycles. The summed E-state index contributed by atoms with van der Waals surface area (Å²) in [7, 11) is 0. The zero-order valence-corrected chi connectivity index (χ0v) is 17.2. The molecular formula is C20H20F2N6O2S. The van der Waals surface area contributed by atoms with Crippen LogP contribution < -0.4 is 5.32 Å². The number of hydrogen-bond acceptors (Lipinski definition) is 5. The highest BCUT2D eigenvalue weighted by Crippen LogP contribution is 2.42. The van der Waals surface area contributed by atoms with Crippen LogP contribution in [0, 0.1) is 5.92 Å². The Balaban J connectivity index is 1.43. The molecule has 11 heteroatoms. The molecule has 8 nitrogen and oxygen atoms in total. The standard InChI is InChI=1S/C20H20F2N6O2S/c21-20(22,31(30)18-5-2-1-4-17(18)28-11-3-9-25-28)15-7-12-27(13-8-15)19(29)26-16-6-10-23-24-14-16/h1-6,9-11,14-15H,7-8,12-13H2,(H,23,26,29). The smallest absolute Gasteiger partial charge is 0.414 e. The van der Waals surface area contributed by atoms with Crippen molar-refractivity contribution >= 4 is 22.9 Å². The number of carbonyl (C=O) groups excluding carboxylic acids is 1. The van der Waals surface area contributed by atoms with Crippen LogP contribution in [0.15, 0.2) is 66.1 Å². The number of nitrogens with zero attached hydrogens (tertiary/aromatic N) is 5. The van der Waals surface area contributed by atoms with E-state index in [0.717, 1.165) is 0 Å². The number of nitrogens with one attached hydrogen (secondary N) is 1. The van der Waals surface area contributed by atoms with Crippen LogP contribution in [-0.2, 0) is 11.2 Å². The first kappa shape index (κ1) is 21.2. The number of benzene rings is 1. The third kappa shape index (κ3) is 4.52. The Morgan fingerprint density at radius 3 is 2.58 bits per heavy atom. The largest absolute Gasteiger partial charge is 0.607 e. The second-order valence-electron chi connectivity index (χ2n) is 7.07. The Hall–Kier alpha value is -3.05. The van der Waals surface area contributed by atoms with Crippen LogP contribution in [-0.4, -0.2) is 53.8 Å². The molecule has 0 radical (unpaired) electrons. The lowest BCUT2D eigenvalue weighted by atomic mass is 9.97. The number of carbonyl (C=O) groups is 1. The van der Waals surface area contributed by atoms with Crippen molar-refractivity contribution in [3.05, 3.63) is 61.2 Å². The molecule has 4 rings (SSSR count). The number of aromatic nitrogens is 4. The first-order chi connectivity index (χ1) is 15.0. The van der Waals surface area contributed by atoms with E-state index in [2.05, 4.69) is 20.6 Å². The van der Waals surface area contributed by atoms with Crippen LogP contribution in [0.4, 0.5) is 19.3 Å². The van der Waals surface area contributed by atoms with Crippen LogP contribution in [0.3, 0.4) is 0 Å². The molecular weight excluding hydrogens is 426 g/mol. The number of urea groups is 1. The van der Waals surface area contributed by atoms with Gasteiger partial charge in [0.15, 0.2) is 4.90 Å². The van der Waals surface area contributed by atoms with Crippen molar-refractivity contribution in [2.45, 2.75) is 23.0 Å². The summed E-state index contributed by atoms with van der Waals surface area (Å²) in [5.74, 6) is -1.11. The van der Waals surface area contributed by atoms with Gasteiger partial charge in [0, 0.05) is 25.5 Å². The van der Waals surface area contributed by atoms with Crippen LogP contribution in [0.2, 0.25) is 0 Å². The van der Waals surface area contributed by atoms with Gasteiger partial charge < -0.3 is 14.8 Å². The maximum Gasteiger partial charge on any atom is 0.414 e. The summed E-state index contributed by atoms with van der Waals surface area (Å²) in [5.41, 5.74) is 0.831. The third-order valence-corrected chi connectivity index (χ3v) is 6.73. The minimum absolute atomic E-state index is 0.0292. The van der Waals surface area contributed by atoms with Gasteiger partial charge >= 0.3 is 11.3 Å². The summed E-state index contributed by atoms with van der Waals surface area (Å²) in [4.78, 5) is 13.9. The fraction of sp³-hybridized carbons (Fsp3) is 0.300. The van der Waals surface area contributed by atoms with E-state index in [0.29, 0.717) is 11.4 Å². The predicted molar refractivity (Wildman–Crippen MR) is 110 cm³/mol. The Kier molecular flexibility index (Phi) is 6.14. The molecule has 1 atom stereocenters. The van der Waals surface area contributed by atoms with Gasteiger partial charge in [-0.15, -0.1) is 0 Å². The van der Waals surface area contributed by atoms with Crippen molar-refractivity contribution in [1.82, 2.24) is 24.9 Å². The van der Waals surface area contributed by atoms with Gasteiger partial charge in [0.05, 0.1) is 35.2 Å². The van der Waals surface area contributed by atoms with Crippen LogP contribution in [0.25, 0.3) is 5.69 Å². The fourth-order valence-electron chi connectivity index (χ4n) is 3.50. The van der Waals surface area contributed by atoms with E-state index in [-0.39, 0.29) is 36.9 Å². The Labute approximate surface area is 180 Å². The molecule has 1 saturated heterocycles. The topological polar surface area (TPSA) is 99.0 Å². The van der Waals surface area contributed by atoms with Gasteiger partial charge in [-0.25, -0.2) is 9.48 Å². The van der Waals surface area contributed by atoms with Crippen LogP contribution >= 0.6 is 0 Å². The number of rotatable bonds is 5. The lowest BCUT2D eigenvalue weighted by Crippen LogP contribution is -2.47. The second-order valence-corrected chi connectivity index (χ2v) is 8.59. The highest BCUT2D eigenvalue weighted by atomic mass is 32.2. The van der Waals surface area contributed by atoms with Gasteiger partial charge in [-0.3, -0.25) is 0 Å². The number of para-hydroxylation sites is 1. The number of likely N-dealkylation sites (tertiary alicyclic amines) is 1. The molecule has 1 fully saturated rings. The summed E-state index contributed by atoms with van der Waals surface area (Å²) in [6.07, 6.45) is 6.08. The summed E-state index contributed by atoms with van der Waals surface area (Å²) in [5, 5.41) is 10.6. The van der Waals surface area contributed by atoms with Crippen LogP contribution in [0.1, 0.15) is 12.8 Å². The molecule has 1 N–H and O–H groups in total. The zero-order chi connectivity index (χ0) is 21.8. The monoisotopic (exact) mass is 446 g/mol. The molecule has 1 unspecified atom stereocenters. The van der Waals surface area contributed by atoms with E-state index in [1.54, 1.807) is 36.5 Å². The van der Waals surface area contributed by atoms with E-state index >= 15 is 8.78 Å².